The van der Waals surface area contributed by atoms with Gasteiger partial charge in [0.25, 0.3) is 11.8 Å². The summed E-state index contributed by atoms with van der Waals surface area (Å²) in [5.74, 6) is 0.235. The van der Waals surface area contributed by atoms with E-state index in [2.05, 4.69) is 18.7 Å². The van der Waals surface area contributed by atoms with Gasteiger partial charge in [-0.15, -0.1) is 0 Å². The van der Waals surface area contributed by atoms with Crippen molar-refractivity contribution in [2.45, 2.75) is 52.9 Å². The zero-order chi connectivity index (χ0) is 22.0. The van der Waals surface area contributed by atoms with E-state index >= 15 is 0 Å². The first-order chi connectivity index (χ1) is 15.0. The average Bonchev–Trinajstić information content (AvgIpc) is 3.04. The molecular weight excluding hydrogens is 384 g/mol. The minimum absolute atomic E-state index is 0.198. The number of rotatable bonds is 6. The van der Waals surface area contributed by atoms with E-state index in [4.69, 9.17) is 0 Å². The van der Waals surface area contributed by atoms with E-state index in [1.165, 1.54) is 10.5 Å². The molecule has 2 aromatic carbocycles. The smallest absolute Gasteiger partial charge is 0.282 e. The summed E-state index contributed by atoms with van der Waals surface area (Å²) in [5.41, 5.74) is 4.95. The predicted octanol–water partition coefficient (Wildman–Crippen LogP) is 5.35. The lowest BCUT2D eigenvalue weighted by atomic mass is 9.97. The first kappa shape index (κ1) is 21.4. The van der Waals surface area contributed by atoms with Gasteiger partial charge < -0.3 is 4.90 Å². The fraction of sp³-hybridized carbons (Fsp3) is 0.407. The van der Waals surface area contributed by atoms with E-state index < -0.39 is 0 Å². The van der Waals surface area contributed by atoms with Gasteiger partial charge in [0.2, 0.25) is 0 Å². The van der Waals surface area contributed by atoms with Gasteiger partial charge in [-0.3, -0.25) is 9.59 Å². The normalized spacial score (nSPS) is 17.8. The van der Waals surface area contributed by atoms with E-state index in [1.54, 1.807) is 0 Å². The fourth-order valence-electron chi connectivity index (χ4n) is 4.45. The third-order valence-corrected chi connectivity index (χ3v) is 6.51. The number of carbonyl (C=O) groups is 2. The maximum Gasteiger partial charge on any atom is 0.282 e. The van der Waals surface area contributed by atoms with Crippen LogP contribution in [-0.2, 0) is 16.0 Å². The Morgan fingerprint density at radius 3 is 2.16 bits per heavy atom. The molecule has 0 atom stereocenters. The maximum absolute atomic E-state index is 13.6. The molecule has 0 saturated carbocycles. The molecule has 2 aromatic rings. The summed E-state index contributed by atoms with van der Waals surface area (Å²) in [6.45, 7) is 8.08. The molecule has 0 unspecified atom stereocenters. The third kappa shape index (κ3) is 4.30. The van der Waals surface area contributed by atoms with Gasteiger partial charge in [0, 0.05) is 13.1 Å². The molecule has 0 bridgehead atoms. The number of amides is 2. The highest BCUT2D eigenvalue weighted by Gasteiger charge is 2.42. The highest BCUT2D eigenvalue weighted by atomic mass is 16.2. The van der Waals surface area contributed by atoms with Crippen molar-refractivity contribution in [1.29, 1.82) is 0 Å². The van der Waals surface area contributed by atoms with Gasteiger partial charge in [-0.25, -0.2) is 4.90 Å². The highest BCUT2D eigenvalue weighted by Crippen LogP contribution is 2.36. The molecule has 4 rings (SSSR count). The van der Waals surface area contributed by atoms with Crippen LogP contribution < -0.4 is 4.90 Å². The van der Waals surface area contributed by atoms with Crippen LogP contribution in [-0.4, -0.2) is 29.8 Å². The number of piperidine rings is 1. The molecule has 0 radical (unpaired) electrons. The van der Waals surface area contributed by atoms with Gasteiger partial charge in [0.15, 0.2) is 0 Å². The van der Waals surface area contributed by atoms with Crippen LogP contribution in [0.25, 0.3) is 5.57 Å². The molecule has 4 heteroatoms. The molecule has 0 spiro atoms. The summed E-state index contributed by atoms with van der Waals surface area (Å²) in [6.07, 6.45) is 5.38. The Balaban J connectivity index is 1.70. The second-order valence-electron chi connectivity index (χ2n) is 8.97. The zero-order valence-corrected chi connectivity index (χ0v) is 18.9. The molecular formula is C27H32N2O2. The van der Waals surface area contributed by atoms with Crippen molar-refractivity contribution in [3.63, 3.8) is 0 Å². The lowest BCUT2D eigenvalue weighted by Gasteiger charge is -2.32. The van der Waals surface area contributed by atoms with Gasteiger partial charge in [-0.05, 0) is 61.8 Å². The number of hydrogen-bond donors (Lipinski definition) is 0. The van der Waals surface area contributed by atoms with Crippen LogP contribution in [0.15, 0.2) is 54.2 Å². The minimum Gasteiger partial charge on any atom is -0.366 e. The van der Waals surface area contributed by atoms with E-state index in [0.717, 1.165) is 56.3 Å². The maximum atomic E-state index is 13.6. The van der Waals surface area contributed by atoms with Gasteiger partial charge >= 0.3 is 0 Å². The molecule has 4 nitrogen and oxygen atoms in total. The summed E-state index contributed by atoms with van der Waals surface area (Å²) in [4.78, 5) is 30.7. The summed E-state index contributed by atoms with van der Waals surface area (Å²) in [7, 11) is 0. The Labute approximate surface area is 185 Å². The van der Waals surface area contributed by atoms with E-state index in [0.29, 0.717) is 22.9 Å². The summed E-state index contributed by atoms with van der Waals surface area (Å²) >= 11 is 0. The molecule has 2 heterocycles. The van der Waals surface area contributed by atoms with E-state index in [9.17, 15) is 9.59 Å². The van der Waals surface area contributed by atoms with Gasteiger partial charge in [-0.1, -0.05) is 62.2 Å². The van der Waals surface area contributed by atoms with Crippen LogP contribution in [0.3, 0.4) is 0 Å². The number of anilines is 1. The Kier molecular flexibility index (Phi) is 6.26. The molecule has 1 fully saturated rings. The van der Waals surface area contributed by atoms with E-state index in [-0.39, 0.29) is 11.8 Å². The van der Waals surface area contributed by atoms with Crippen molar-refractivity contribution in [2.24, 2.45) is 5.92 Å². The summed E-state index contributed by atoms with van der Waals surface area (Å²) in [6, 6.07) is 15.8. The highest BCUT2D eigenvalue weighted by molar-refractivity contribution is 6.45. The minimum atomic E-state index is -0.219. The fourth-order valence-corrected chi connectivity index (χ4v) is 4.45. The van der Waals surface area contributed by atoms with Crippen LogP contribution in [0, 0.1) is 12.8 Å². The lowest BCUT2D eigenvalue weighted by molar-refractivity contribution is -0.120. The molecule has 2 aliphatic rings. The van der Waals surface area contributed by atoms with Crippen molar-refractivity contribution in [1.82, 2.24) is 4.90 Å². The molecule has 0 N–H and O–H groups in total. The van der Waals surface area contributed by atoms with Crippen molar-refractivity contribution in [3.05, 3.63) is 70.9 Å². The standard InChI is InChI=1S/C27H32N2O2/c1-4-5-6-21-9-13-23(14-10-21)29-26(30)24(22-11-7-19(2)8-12-22)25(27(29)31)28-17-15-20(3)16-18-28/h7-14,20H,4-6,15-18H2,1-3H3. The molecule has 0 aliphatic carbocycles. The number of hydrogen-bond acceptors (Lipinski definition) is 3. The SMILES string of the molecule is CCCCc1ccc(N2C(=O)C(c3ccc(C)cc3)=C(N3CCC(C)CC3)C2=O)cc1. The number of nitrogens with zero attached hydrogens (tertiary/aromatic N) is 2. The summed E-state index contributed by atoms with van der Waals surface area (Å²) < 4.78 is 0. The second kappa shape index (κ2) is 9.09. The Bertz CT molecular complexity index is 981. The number of aryl methyl sites for hydroxylation is 2. The molecule has 1 saturated heterocycles. The molecule has 162 valence electrons. The van der Waals surface area contributed by atoms with Crippen molar-refractivity contribution in [3.8, 4) is 0 Å². The summed E-state index contributed by atoms with van der Waals surface area (Å²) in [5, 5.41) is 0. The number of benzene rings is 2. The quantitative estimate of drug-likeness (QED) is 0.596. The zero-order valence-electron chi connectivity index (χ0n) is 18.9. The number of likely N-dealkylation sites (tertiary alicyclic amines) is 1. The van der Waals surface area contributed by atoms with Crippen molar-refractivity contribution >= 4 is 23.1 Å². The number of unbranched alkanes of at least 4 members (excludes halogenated alkanes) is 1. The van der Waals surface area contributed by atoms with Crippen LogP contribution in [0.1, 0.15) is 56.2 Å². The van der Waals surface area contributed by atoms with E-state index in [1.807, 2.05) is 55.5 Å². The number of carbonyl (C=O) groups excluding carboxylic acids is 2. The largest absolute Gasteiger partial charge is 0.366 e. The first-order valence-electron chi connectivity index (χ1n) is 11.5. The Morgan fingerprint density at radius 1 is 0.903 bits per heavy atom. The lowest BCUT2D eigenvalue weighted by Crippen LogP contribution is -2.38. The number of imide groups is 1. The van der Waals surface area contributed by atoms with Crippen LogP contribution in [0.4, 0.5) is 5.69 Å². The second-order valence-corrected chi connectivity index (χ2v) is 8.97. The first-order valence-corrected chi connectivity index (χ1v) is 11.5. The topological polar surface area (TPSA) is 40.6 Å². The Morgan fingerprint density at radius 2 is 1.55 bits per heavy atom. The average molecular weight is 417 g/mol. The van der Waals surface area contributed by atoms with Gasteiger partial charge in [0.05, 0.1) is 11.3 Å². The van der Waals surface area contributed by atoms with Gasteiger partial charge in [-0.2, -0.15) is 0 Å². The van der Waals surface area contributed by atoms with Crippen LogP contribution in [0.5, 0.6) is 0 Å². The van der Waals surface area contributed by atoms with Crippen LogP contribution in [0.2, 0.25) is 0 Å². The van der Waals surface area contributed by atoms with Crippen molar-refractivity contribution in [2.75, 3.05) is 18.0 Å². The van der Waals surface area contributed by atoms with Crippen molar-refractivity contribution < 1.29 is 9.59 Å². The molecule has 2 aliphatic heterocycles. The van der Waals surface area contributed by atoms with Gasteiger partial charge in [0.1, 0.15) is 5.70 Å². The third-order valence-electron chi connectivity index (χ3n) is 6.51. The predicted molar refractivity (Wildman–Crippen MR) is 126 cm³/mol. The molecule has 31 heavy (non-hydrogen) atoms. The monoisotopic (exact) mass is 416 g/mol. The molecule has 2 amide bonds. The van der Waals surface area contributed by atoms with Crippen LogP contribution >= 0.6 is 0 Å². The Hall–Kier alpha value is -2.88. The molecule has 0 aromatic heterocycles.